The van der Waals surface area contributed by atoms with Crippen LogP contribution in [0.15, 0.2) is 24.3 Å². The monoisotopic (exact) mass is 780 g/mol. The summed E-state index contributed by atoms with van der Waals surface area (Å²) in [6.07, 6.45) is 18.2. The number of carbonyl (C=O) groups excluding carboxylic acids is 2. The Kier molecular flexibility index (Phi) is 19.6. The van der Waals surface area contributed by atoms with Crippen molar-refractivity contribution in [2.75, 3.05) is 27.0 Å². The van der Waals surface area contributed by atoms with Gasteiger partial charge in [-0.2, -0.15) is 0 Å². The van der Waals surface area contributed by atoms with E-state index in [1.165, 1.54) is 76.0 Å². The normalized spacial score (nSPS) is 28.4. The number of likely N-dealkylation sites (N-methyl/N-ethyl adjacent to an activating group) is 1. The van der Waals surface area contributed by atoms with Gasteiger partial charge in [-0.05, 0) is 57.5 Å². The quantitative estimate of drug-likeness (QED) is 0.0626. The van der Waals surface area contributed by atoms with E-state index in [0.717, 1.165) is 56.4 Å². The fraction of sp³-hybridized carbons (Fsp3) is 0.810. The summed E-state index contributed by atoms with van der Waals surface area (Å²) in [5, 5.41) is 2.80. The van der Waals surface area contributed by atoms with Crippen LogP contribution in [0.25, 0.3) is 0 Å². The molecule has 0 aliphatic carbocycles. The van der Waals surface area contributed by atoms with E-state index in [2.05, 4.69) is 24.1 Å². The van der Waals surface area contributed by atoms with Crippen LogP contribution in [0.1, 0.15) is 142 Å². The molecular formula is C42H69ClN2O7S. The van der Waals surface area contributed by atoms with Crippen molar-refractivity contribution < 1.29 is 33.3 Å². The molecule has 9 unspecified atom stereocenters. The van der Waals surface area contributed by atoms with Gasteiger partial charge in [-0.15, -0.1) is 23.4 Å². The fourth-order valence-corrected chi connectivity index (χ4v) is 9.16. The Morgan fingerprint density at radius 3 is 2.08 bits per heavy atom. The van der Waals surface area contributed by atoms with Crippen molar-refractivity contribution in [3.63, 3.8) is 0 Å². The van der Waals surface area contributed by atoms with E-state index in [0.29, 0.717) is 12.3 Å². The van der Waals surface area contributed by atoms with Gasteiger partial charge in [0.05, 0.1) is 24.6 Å². The number of unbranched alkanes of at least 4 members (excludes halogenated alkanes) is 12. The van der Waals surface area contributed by atoms with Gasteiger partial charge in [-0.1, -0.05) is 109 Å². The van der Waals surface area contributed by atoms with E-state index in [-0.39, 0.29) is 17.9 Å². The maximum absolute atomic E-state index is 13.8. The van der Waals surface area contributed by atoms with Gasteiger partial charge in [0.1, 0.15) is 29.5 Å². The van der Waals surface area contributed by atoms with Crippen molar-refractivity contribution in [3.05, 3.63) is 29.8 Å². The Morgan fingerprint density at radius 1 is 0.906 bits per heavy atom. The molecule has 3 heterocycles. The molecule has 302 valence electrons. The fourth-order valence-electron chi connectivity index (χ4n) is 8.23. The number of esters is 1. The molecule has 9 nitrogen and oxygen atoms in total. The van der Waals surface area contributed by atoms with Crippen LogP contribution in [0.2, 0.25) is 0 Å². The smallest absolute Gasteiger partial charge is 0.306 e. The molecule has 10 atom stereocenters. The molecule has 11 heteroatoms. The van der Waals surface area contributed by atoms with Gasteiger partial charge in [0, 0.05) is 18.5 Å². The molecule has 1 aromatic rings. The van der Waals surface area contributed by atoms with Crippen LogP contribution in [0.4, 0.5) is 0 Å². The number of hydrogen-bond donors (Lipinski definition) is 1. The highest BCUT2D eigenvalue weighted by Crippen LogP contribution is 2.44. The Bertz CT molecular complexity index is 1210. The number of thioether (sulfide) groups is 1. The van der Waals surface area contributed by atoms with Gasteiger partial charge >= 0.3 is 5.97 Å². The minimum atomic E-state index is -0.720. The Labute approximate surface area is 329 Å². The molecule has 3 saturated heterocycles. The molecule has 4 rings (SSSR count). The minimum absolute atomic E-state index is 0.0542. The summed E-state index contributed by atoms with van der Waals surface area (Å²) in [6.45, 7) is 7.22. The second kappa shape index (κ2) is 23.5. The van der Waals surface area contributed by atoms with Crippen molar-refractivity contribution in [3.8, 4) is 5.75 Å². The largest absolute Gasteiger partial charge is 0.497 e. The molecule has 1 aromatic carbocycles. The molecule has 0 bridgehead atoms. The summed E-state index contributed by atoms with van der Waals surface area (Å²) in [5.74, 6) is 0.915. The zero-order valence-corrected chi connectivity index (χ0v) is 35.0. The van der Waals surface area contributed by atoms with Crippen LogP contribution < -0.4 is 10.1 Å². The van der Waals surface area contributed by atoms with Gasteiger partial charge in [0.25, 0.3) is 0 Å². The van der Waals surface area contributed by atoms with Crippen LogP contribution in [0.3, 0.4) is 0 Å². The molecular weight excluding hydrogens is 712 g/mol. The van der Waals surface area contributed by atoms with Crippen LogP contribution in [0, 0.1) is 5.92 Å². The first-order valence-electron chi connectivity index (χ1n) is 20.7. The van der Waals surface area contributed by atoms with Crippen LogP contribution in [-0.4, -0.2) is 91.0 Å². The average molecular weight is 782 g/mol. The summed E-state index contributed by atoms with van der Waals surface area (Å²) < 4.78 is 31.5. The molecule has 0 saturated carbocycles. The maximum Gasteiger partial charge on any atom is 0.306 e. The number of fused-ring (bicyclic) bond motifs is 1. The predicted octanol–water partition coefficient (Wildman–Crippen LogP) is 9.19. The highest BCUT2D eigenvalue weighted by atomic mass is 35.5. The lowest BCUT2D eigenvalue weighted by molar-refractivity contribution is -0.193. The first kappa shape index (κ1) is 44.2. The van der Waals surface area contributed by atoms with Gasteiger partial charge in [-0.25, -0.2) is 0 Å². The third-order valence-electron chi connectivity index (χ3n) is 11.3. The number of nitrogens with one attached hydrogen (secondary N) is 1. The minimum Gasteiger partial charge on any atom is -0.497 e. The number of halogens is 1. The van der Waals surface area contributed by atoms with E-state index in [9.17, 15) is 9.59 Å². The zero-order valence-electron chi connectivity index (χ0n) is 33.4. The van der Waals surface area contributed by atoms with E-state index >= 15 is 0 Å². The molecule has 0 radical (unpaired) electrons. The maximum atomic E-state index is 13.8. The molecule has 0 aromatic heterocycles. The molecule has 0 spiro atoms. The molecule has 3 aliphatic heterocycles. The van der Waals surface area contributed by atoms with Crippen molar-refractivity contribution >= 4 is 35.2 Å². The second-order valence-corrected chi connectivity index (χ2v) is 17.1. The number of alkyl halides is 1. The number of hydrogen-bond acceptors (Lipinski definition) is 9. The van der Waals surface area contributed by atoms with Crippen LogP contribution in [0.5, 0.6) is 5.75 Å². The van der Waals surface area contributed by atoms with Crippen LogP contribution in [-0.2, 0) is 28.5 Å². The number of amides is 1. The summed E-state index contributed by atoms with van der Waals surface area (Å²) in [4.78, 5) is 29.3. The van der Waals surface area contributed by atoms with Gasteiger partial charge in [-0.3, -0.25) is 14.5 Å². The summed E-state index contributed by atoms with van der Waals surface area (Å²) in [7, 11) is 3.64. The lowest BCUT2D eigenvalue weighted by Crippen LogP contribution is -2.65. The number of carbonyl (C=O) groups is 2. The summed E-state index contributed by atoms with van der Waals surface area (Å²) in [6, 6.07) is 6.75. The predicted molar refractivity (Wildman–Crippen MR) is 215 cm³/mol. The highest BCUT2D eigenvalue weighted by molar-refractivity contribution is 7.99. The standard InChI is InChI=1S/C42H69ClN2O7S/c1-7-9-10-11-12-13-14-15-16-17-18-19-20-22-34(46)49-39-38-37(50-41(51-38)31-23-25-32(48-5)26-24-31)36(52-42(39)53-6)35(29(3)43)44-40(47)33-27-30(21-8-2)28-45(33)4/h23-26,29-30,33,35-39,41-42H,7-22,27-28H2,1-6H3,(H,44,47)/t29?,30?,33-,35?,36?,37?,38?,39?,41?,42?/m0/s1. The van der Waals surface area contributed by atoms with Crippen molar-refractivity contribution in [1.82, 2.24) is 10.2 Å². The Morgan fingerprint density at radius 2 is 1.51 bits per heavy atom. The SMILES string of the molecule is CCCCCCCCCCCCCCCC(=O)OC1C(SC)OC(C(NC(=O)[C@@H]2CC(CCC)CN2C)C(C)Cl)C2OC(c3ccc(OC)cc3)OC12. The third-order valence-corrected chi connectivity index (χ3v) is 12.4. The summed E-state index contributed by atoms with van der Waals surface area (Å²) >= 11 is 8.33. The van der Waals surface area contributed by atoms with Gasteiger partial charge in [0.15, 0.2) is 12.4 Å². The Balaban J connectivity index is 1.36. The number of benzene rings is 1. The Hall–Kier alpha value is -1.56. The highest BCUT2D eigenvalue weighted by Gasteiger charge is 2.57. The molecule has 3 aliphatic rings. The van der Waals surface area contributed by atoms with Crippen molar-refractivity contribution in [2.24, 2.45) is 5.92 Å². The average Bonchev–Trinajstić information content (AvgIpc) is 3.77. The zero-order chi connectivity index (χ0) is 38.2. The van der Waals surface area contributed by atoms with E-state index < -0.39 is 47.6 Å². The van der Waals surface area contributed by atoms with E-state index in [1.54, 1.807) is 7.11 Å². The van der Waals surface area contributed by atoms with E-state index in [4.69, 9.17) is 35.3 Å². The van der Waals surface area contributed by atoms with Gasteiger partial charge < -0.3 is 29.0 Å². The van der Waals surface area contributed by atoms with Crippen molar-refractivity contribution in [1.29, 1.82) is 0 Å². The van der Waals surface area contributed by atoms with E-state index in [1.807, 2.05) is 44.5 Å². The number of ether oxygens (including phenoxy) is 5. The van der Waals surface area contributed by atoms with Crippen molar-refractivity contribution in [2.45, 2.75) is 184 Å². The second-order valence-electron chi connectivity index (χ2n) is 15.5. The number of rotatable bonds is 24. The molecule has 1 amide bonds. The van der Waals surface area contributed by atoms with Crippen LogP contribution >= 0.6 is 23.4 Å². The lowest BCUT2D eigenvalue weighted by atomic mass is 9.92. The topological polar surface area (TPSA) is 95.6 Å². The lowest BCUT2D eigenvalue weighted by Gasteiger charge is -2.44. The third kappa shape index (κ3) is 13.3. The molecule has 1 N–H and O–H groups in total. The number of nitrogens with zero attached hydrogens (tertiary/aromatic N) is 1. The molecule has 3 fully saturated rings. The molecule has 53 heavy (non-hydrogen) atoms. The number of methoxy groups -OCH3 is 1. The van der Waals surface area contributed by atoms with Gasteiger partial charge in [0.2, 0.25) is 5.91 Å². The number of likely N-dealkylation sites (tertiary alicyclic amines) is 1. The summed E-state index contributed by atoms with van der Waals surface area (Å²) in [5.41, 5.74) is 0.277. The first-order valence-corrected chi connectivity index (χ1v) is 22.4. The first-order chi connectivity index (χ1) is 25.7.